The predicted molar refractivity (Wildman–Crippen MR) is 115 cm³/mol. The van der Waals surface area contributed by atoms with Crippen molar-refractivity contribution in [3.8, 4) is 28.6 Å². The van der Waals surface area contributed by atoms with Crippen LogP contribution in [0.4, 0.5) is 14.9 Å². The van der Waals surface area contributed by atoms with Crippen molar-refractivity contribution < 1.29 is 28.9 Å². The number of nitrogens with zero attached hydrogens (tertiary/aromatic N) is 4. The third kappa shape index (κ3) is 2.79. The molecule has 0 unspecified atom stereocenters. The molecule has 0 bridgehead atoms. The van der Waals surface area contributed by atoms with Gasteiger partial charge in [0.1, 0.15) is 5.82 Å². The molecule has 0 aliphatic carbocycles. The van der Waals surface area contributed by atoms with E-state index in [9.17, 15) is 15.0 Å². The smallest absolute Gasteiger partial charge is 0.324 e. The van der Waals surface area contributed by atoms with Gasteiger partial charge in [0.25, 0.3) is 0 Å². The van der Waals surface area contributed by atoms with E-state index in [0.717, 1.165) is 5.52 Å². The molecule has 0 spiro atoms. The number of urea groups is 1. The maximum Gasteiger partial charge on any atom is 0.324 e. The molecule has 2 saturated heterocycles. The van der Waals surface area contributed by atoms with E-state index in [-0.39, 0.29) is 23.2 Å². The first-order valence-corrected chi connectivity index (χ1v) is 10.2. The molecule has 2 aromatic carbocycles. The van der Waals surface area contributed by atoms with Gasteiger partial charge < -0.3 is 29.2 Å². The fourth-order valence-corrected chi connectivity index (χ4v) is 4.31. The zero-order valence-corrected chi connectivity index (χ0v) is 17.9. The molecule has 3 heterocycles. The van der Waals surface area contributed by atoms with E-state index in [0.29, 0.717) is 37.5 Å². The number of phenolic OH excluding ortho intramolecular Hbond substituents is 2. The number of halogens is 1. The summed E-state index contributed by atoms with van der Waals surface area (Å²) in [4.78, 5) is 20.4. The number of imidazole rings is 1. The molecule has 32 heavy (non-hydrogen) atoms. The summed E-state index contributed by atoms with van der Waals surface area (Å²) in [5, 5.41) is 20.1. The first kappa shape index (κ1) is 20.4. The number of carbonyl (C=O) groups is 1. The minimum absolute atomic E-state index is 0.0139. The molecular formula is C22H23FN4O5. The molecule has 10 heteroatoms. The molecule has 0 atom stereocenters. The standard InChI is InChI=1S/C22H23FN4O5/c1-22(10-32-11-22)27-15-5-4-12(26-7-6-25(2)21(26)30)8-14(15)24-20(27)13-9-16(31-3)18(28)19(29)17(13)23/h4-5,8-9,28-29H,6-7,10-11H2,1-3H3. The van der Waals surface area contributed by atoms with Gasteiger partial charge in [-0.05, 0) is 31.2 Å². The van der Waals surface area contributed by atoms with Gasteiger partial charge in [-0.3, -0.25) is 4.90 Å². The van der Waals surface area contributed by atoms with E-state index in [4.69, 9.17) is 9.47 Å². The van der Waals surface area contributed by atoms with E-state index in [2.05, 4.69) is 4.98 Å². The van der Waals surface area contributed by atoms with Gasteiger partial charge in [-0.25, -0.2) is 14.2 Å². The quantitative estimate of drug-likeness (QED) is 0.603. The highest BCUT2D eigenvalue weighted by Gasteiger charge is 2.40. The van der Waals surface area contributed by atoms with Gasteiger partial charge in [-0.1, -0.05) is 0 Å². The van der Waals surface area contributed by atoms with E-state index >= 15 is 4.39 Å². The number of anilines is 1. The van der Waals surface area contributed by atoms with Crippen LogP contribution in [0.3, 0.4) is 0 Å². The lowest BCUT2D eigenvalue weighted by atomic mass is 9.98. The van der Waals surface area contributed by atoms with Crippen LogP contribution in [0.2, 0.25) is 0 Å². The van der Waals surface area contributed by atoms with Crippen LogP contribution in [0.1, 0.15) is 6.92 Å². The number of rotatable bonds is 4. The van der Waals surface area contributed by atoms with Crippen molar-refractivity contribution in [2.24, 2.45) is 0 Å². The van der Waals surface area contributed by atoms with Crippen LogP contribution >= 0.6 is 0 Å². The molecule has 0 radical (unpaired) electrons. The summed E-state index contributed by atoms with van der Waals surface area (Å²) in [6.07, 6.45) is 0. The first-order chi connectivity index (χ1) is 15.2. The number of phenols is 2. The van der Waals surface area contributed by atoms with Crippen LogP contribution in [-0.4, -0.2) is 71.2 Å². The minimum atomic E-state index is -1.000. The second kappa shape index (κ2) is 6.99. The normalized spacial score (nSPS) is 17.8. The number of hydrogen-bond acceptors (Lipinski definition) is 6. The van der Waals surface area contributed by atoms with Gasteiger partial charge in [0, 0.05) is 25.8 Å². The number of ether oxygens (including phenoxy) is 2. The summed E-state index contributed by atoms with van der Waals surface area (Å²) < 4.78 is 27.5. The Hall–Kier alpha value is -3.53. The predicted octanol–water partition coefficient (Wildman–Crippen LogP) is 2.88. The summed E-state index contributed by atoms with van der Waals surface area (Å²) in [6, 6.07) is 6.71. The van der Waals surface area contributed by atoms with Gasteiger partial charge in [-0.2, -0.15) is 0 Å². The van der Waals surface area contributed by atoms with Gasteiger partial charge in [0.2, 0.25) is 5.75 Å². The number of methoxy groups -OCH3 is 1. The van der Waals surface area contributed by atoms with Crippen molar-refractivity contribution in [3.05, 3.63) is 30.1 Å². The first-order valence-electron chi connectivity index (χ1n) is 10.2. The van der Waals surface area contributed by atoms with Gasteiger partial charge in [-0.15, -0.1) is 0 Å². The summed E-state index contributed by atoms with van der Waals surface area (Å²) in [5.74, 6) is -2.38. The maximum absolute atomic E-state index is 15.1. The Morgan fingerprint density at radius 2 is 1.94 bits per heavy atom. The highest BCUT2D eigenvalue weighted by Crippen LogP contribution is 2.45. The molecule has 1 aromatic heterocycles. The Morgan fingerprint density at radius 3 is 2.53 bits per heavy atom. The topological polar surface area (TPSA) is 100 Å². The molecule has 2 amide bonds. The van der Waals surface area contributed by atoms with Crippen molar-refractivity contribution in [2.75, 3.05) is 45.4 Å². The fourth-order valence-electron chi connectivity index (χ4n) is 4.31. The Labute approximate surface area is 183 Å². The average molecular weight is 442 g/mol. The molecule has 0 saturated carbocycles. The second-order valence-electron chi connectivity index (χ2n) is 8.43. The number of aromatic nitrogens is 2. The Kier molecular flexibility index (Phi) is 4.45. The van der Waals surface area contributed by atoms with Gasteiger partial charge in [0.15, 0.2) is 17.3 Å². The summed E-state index contributed by atoms with van der Waals surface area (Å²) in [6.45, 7) is 3.99. The van der Waals surface area contributed by atoms with Crippen molar-refractivity contribution in [1.29, 1.82) is 0 Å². The number of amides is 2. The number of hydrogen-bond donors (Lipinski definition) is 2. The zero-order valence-electron chi connectivity index (χ0n) is 17.9. The molecule has 2 N–H and O–H groups in total. The number of likely N-dealkylation sites (N-methyl/N-ethyl adjacent to an activating group) is 1. The van der Waals surface area contributed by atoms with Crippen LogP contribution in [-0.2, 0) is 10.3 Å². The van der Waals surface area contributed by atoms with Crippen molar-refractivity contribution in [2.45, 2.75) is 12.5 Å². The molecular weight excluding hydrogens is 419 g/mol. The highest BCUT2D eigenvalue weighted by molar-refractivity contribution is 5.96. The molecule has 2 aliphatic heterocycles. The lowest BCUT2D eigenvalue weighted by molar-refractivity contribution is -0.0868. The Bertz CT molecular complexity index is 1250. The van der Waals surface area contributed by atoms with Crippen molar-refractivity contribution in [3.63, 3.8) is 0 Å². The number of carbonyl (C=O) groups excluding carboxylic acids is 1. The lowest BCUT2D eigenvalue weighted by Crippen LogP contribution is -2.49. The highest BCUT2D eigenvalue weighted by atomic mass is 19.1. The second-order valence-corrected chi connectivity index (χ2v) is 8.43. The van der Waals surface area contributed by atoms with Crippen molar-refractivity contribution in [1.82, 2.24) is 14.5 Å². The van der Waals surface area contributed by atoms with Crippen molar-refractivity contribution >= 4 is 22.8 Å². The van der Waals surface area contributed by atoms with E-state index in [1.54, 1.807) is 22.9 Å². The third-order valence-corrected chi connectivity index (χ3v) is 6.17. The van der Waals surface area contributed by atoms with Crippen LogP contribution in [0.5, 0.6) is 17.2 Å². The number of benzene rings is 2. The van der Waals surface area contributed by atoms with Gasteiger partial charge >= 0.3 is 6.03 Å². The minimum Gasteiger partial charge on any atom is -0.502 e. The molecule has 2 aliphatic rings. The lowest BCUT2D eigenvalue weighted by Gasteiger charge is -2.40. The third-order valence-electron chi connectivity index (χ3n) is 6.17. The Balaban J connectivity index is 1.73. The fraction of sp³-hybridized carbons (Fsp3) is 0.364. The largest absolute Gasteiger partial charge is 0.502 e. The van der Waals surface area contributed by atoms with Gasteiger partial charge in [0.05, 0.1) is 42.5 Å². The SMILES string of the molecule is COc1cc(-c2nc3cc(N4CCN(C)C4=O)ccc3n2C2(C)COC2)c(F)c(O)c1O. The monoisotopic (exact) mass is 442 g/mol. The van der Waals surface area contributed by atoms with E-state index < -0.39 is 22.9 Å². The molecule has 2 fully saturated rings. The summed E-state index contributed by atoms with van der Waals surface area (Å²) in [7, 11) is 3.06. The van der Waals surface area contributed by atoms with E-state index in [1.165, 1.54) is 13.2 Å². The maximum atomic E-state index is 15.1. The van der Waals surface area contributed by atoms with Crippen LogP contribution in [0, 0.1) is 5.82 Å². The van der Waals surface area contributed by atoms with Crippen LogP contribution in [0.15, 0.2) is 24.3 Å². The molecule has 9 nitrogen and oxygen atoms in total. The number of fused-ring (bicyclic) bond motifs is 1. The zero-order chi connectivity index (χ0) is 22.8. The number of aromatic hydroxyl groups is 2. The molecule has 3 aromatic rings. The van der Waals surface area contributed by atoms with E-state index in [1.807, 2.05) is 23.6 Å². The van der Waals surface area contributed by atoms with Crippen LogP contribution in [0.25, 0.3) is 22.4 Å². The summed E-state index contributed by atoms with van der Waals surface area (Å²) in [5.41, 5.74) is 1.51. The average Bonchev–Trinajstić information content (AvgIpc) is 3.30. The molecule has 5 rings (SSSR count). The van der Waals surface area contributed by atoms with Crippen LogP contribution < -0.4 is 9.64 Å². The molecule has 168 valence electrons. The Morgan fingerprint density at radius 1 is 1.19 bits per heavy atom. The summed E-state index contributed by atoms with van der Waals surface area (Å²) >= 11 is 0.